The maximum atomic E-state index is 11.5. The third-order valence-electron chi connectivity index (χ3n) is 12.8. The highest BCUT2D eigenvalue weighted by molar-refractivity contribution is 7.80. The first kappa shape index (κ1) is 62.0. The van der Waals surface area contributed by atoms with E-state index < -0.39 is 84.5 Å². The average Bonchev–Trinajstić information content (AvgIpc) is 3.30. The molecule has 2 rings (SSSR count). The zero-order valence-corrected chi connectivity index (χ0v) is 42.6. The minimum Gasteiger partial charge on any atom is -0.394 e. The van der Waals surface area contributed by atoms with Gasteiger partial charge in [0, 0.05) is 19.1 Å². The molecule has 0 aromatic rings. The van der Waals surface area contributed by atoms with Crippen LogP contribution in [0.4, 0.5) is 0 Å². The van der Waals surface area contributed by atoms with Gasteiger partial charge in [-0.15, -0.1) is 0 Å². The van der Waals surface area contributed by atoms with Crippen molar-refractivity contribution in [3.63, 3.8) is 0 Å². The standard InChI is InChI=1S/C51H96O15S/c1-4-6-8-10-12-14-16-18-20-22-24-26-28-30-32-34-36-60-39-42(61-37-35-33-31-29-27-25-23-21-19-17-15-13-11-9-7-5-2)40-62-51-46(55)45(54)48(49(56)65-51)64-50-41(3)47(66-67(57,58)59)44(53)43(38-52)63-50/h18-21,41-56H,4-17,22-40H2,1-3H3,(H,57,58,59)/b20-18-,21-19-/t41-,42?,43-,44+,45-,46-,47-,48+,49+,50+,51-/m1/s1. The highest BCUT2D eigenvalue weighted by Gasteiger charge is 2.51. The molecule has 0 aromatic carbocycles. The van der Waals surface area contributed by atoms with Crippen LogP contribution in [0.1, 0.15) is 201 Å². The summed E-state index contributed by atoms with van der Waals surface area (Å²) < 4.78 is 71.8. The molecule has 0 bridgehead atoms. The average molecular weight is 981 g/mol. The van der Waals surface area contributed by atoms with Crippen LogP contribution < -0.4 is 0 Å². The van der Waals surface area contributed by atoms with E-state index in [4.69, 9.17) is 28.4 Å². The quantitative estimate of drug-likeness (QED) is 0.0191. The second-order valence-corrected chi connectivity index (χ2v) is 19.9. The molecule has 2 saturated heterocycles. The van der Waals surface area contributed by atoms with Crippen LogP contribution >= 0.6 is 0 Å². The van der Waals surface area contributed by atoms with Gasteiger partial charge in [-0.2, -0.15) is 8.42 Å². The van der Waals surface area contributed by atoms with Gasteiger partial charge in [0.25, 0.3) is 0 Å². The molecule has 2 aliphatic heterocycles. The Morgan fingerprint density at radius 2 is 1.01 bits per heavy atom. The molecule has 2 fully saturated rings. The Hall–Kier alpha value is -1.09. The monoisotopic (exact) mass is 981 g/mol. The van der Waals surface area contributed by atoms with Gasteiger partial charge in [0.05, 0.1) is 19.8 Å². The fourth-order valence-electron chi connectivity index (χ4n) is 8.52. The molecule has 11 atom stereocenters. The molecule has 0 saturated carbocycles. The van der Waals surface area contributed by atoms with Crippen LogP contribution in [0.15, 0.2) is 24.3 Å². The van der Waals surface area contributed by atoms with Crippen molar-refractivity contribution < 1.29 is 71.1 Å². The van der Waals surface area contributed by atoms with E-state index >= 15 is 0 Å². The van der Waals surface area contributed by atoms with Crippen LogP contribution in [-0.4, -0.2) is 133 Å². The summed E-state index contributed by atoms with van der Waals surface area (Å²) >= 11 is 0. The smallest absolute Gasteiger partial charge is 0.394 e. The number of unbranched alkanes of at least 4 members (excludes halogenated alkanes) is 24. The van der Waals surface area contributed by atoms with Crippen molar-refractivity contribution in [3.05, 3.63) is 24.3 Å². The van der Waals surface area contributed by atoms with E-state index in [9.17, 15) is 38.5 Å². The molecule has 0 radical (unpaired) electrons. The summed E-state index contributed by atoms with van der Waals surface area (Å²) in [5, 5.41) is 53.2. The summed E-state index contributed by atoms with van der Waals surface area (Å²) in [5.74, 6) is -1.10. The lowest BCUT2D eigenvalue weighted by molar-refractivity contribution is -0.379. The molecule has 15 nitrogen and oxygen atoms in total. The van der Waals surface area contributed by atoms with Gasteiger partial charge < -0.3 is 54.0 Å². The van der Waals surface area contributed by atoms with Crippen molar-refractivity contribution in [2.75, 3.05) is 33.0 Å². The third-order valence-corrected chi connectivity index (χ3v) is 13.2. The van der Waals surface area contributed by atoms with Crippen LogP contribution in [0.5, 0.6) is 0 Å². The molecule has 2 heterocycles. The number of allylic oxidation sites excluding steroid dienone is 4. The fraction of sp³-hybridized carbons (Fsp3) is 0.922. The second-order valence-electron chi connectivity index (χ2n) is 18.8. The number of hydrogen-bond acceptors (Lipinski definition) is 14. The predicted octanol–water partition coefficient (Wildman–Crippen LogP) is 9.16. The number of aliphatic hydroxyl groups excluding tert-OH is 5. The van der Waals surface area contributed by atoms with Crippen molar-refractivity contribution in [2.24, 2.45) is 5.92 Å². The van der Waals surface area contributed by atoms with E-state index in [1.54, 1.807) is 0 Å². The molecule has 0 amide bonds. The van der Waals surface area contributed by atoms with E-state index in [2.05, 4.69) is 42.3 Å². The Bertz CT molecular complexity index is 1320. The van der Waals surface area contributed by atoms with Gasteiger partial charge in [-0.25, -0.2) is 4.18 Å². The van der Waals surface area contributed by atoms with E-state index in [1.807, 2.05) is 0 Å². The van der Waals surface area contributed by atoms with Crippen LogP contribution in [0.3, 0.4) is 0 Å². The lowest BCUT2D eigenvalue weighted by Crippen LogP contribution is -2.63. The van der Waals surface area contributed by atoms with Crippen molar-refractivity contribution in [1.82, 2.24) is 0 Å². The Kier molecular flexibility index (Phi) is 36.6. The summed E-state index contributed by atoms with van der Waals surface area (Å²) in [6.45, 7) is 6.36. The van der Waals surface area contributed by atoms with E-state index in [-0.39, 0.29) is 13.2 Å². The SMILES string of the molecule is CCCCCCCC/C=C\CCCCCCCCOCC(CO[C@@H]1O[C@H](O)[C@@H](O[C@@H]2O[C@H](CO)[C@H](O)[C@H](OS(=O)(=O)O)[C@H]2C)[C@H](O)[C@H]1O)OCCCCCCCC/C=C\CCCCCCCC. The molecule has 6 N–H and O–H groups in total. The molecule has 396 valence electrons. The van der Waals surface area contributed by atoms with Crippen molar-refractivity contribution in [1.29, 1.82) is 0 Å². The summed E-state index contributed by atoms with van der Waals surface area (Å²) in [5.41, 5.74) is 0. The summed E-state index contributed by atoms with van der Waals surface area (Å²) in [4.78, 5) is 0. The first-order valence-electron chi connectivity index (χ1n) is 26.5. The molecule has 16 heteroatoms. The number of rotatable bonds is 43. The van der Waals surface area contributed by atoms with Gasteiger partial charge in [-0.1, -0.05) is 161 Å². The van der Waals surface area contributed by atoms with Crippen LogP contribution in [0.25, 0.3) is 0 Å². The summed E-state index contributed by atoms with van der Waals surface area (Å²) in [7, 11) is -5.02. The molecular weight excluding hydrogens is 885 g/mol. The zero-order chi connectivity index (χ0) is 49.0. The highest BCUT2D eigenvalue weighted by atomic mass is 32.3. The van der Waals surface area contributed by atoms with Crippen LogP contribution in [0, 0.1) is 5.92 Å². The second kappa shape index (κ2) is 39.5. The fourth-order valence-corrected chi connectivity index (χ4v) is 9.09. The van der Waals surface area contributed by atoms with Crippen molar-refractivity contribution in [2.45, 2.75) is 262 Å². The minimum atomic E-state index is -5.02. The molecule has 1 unspecified atom stereocenters. The van der Waals surface area contributed by atoms with Gasteiger partial charge in [-0.05, 0) is 64.2 Å². The highest BCUT2D eigenvalue weighted by Crippen LogP contribution is 2.33. The van der Waals surface area contributed by atoms with Gasteiger partial charge >= 0.3 is 10.4 Å². The Morgan fingerprint density at radius 1 is 0.552 bits per heavy atom. The molecule has 67 heavy (non-hydrogen) atoms. The first-order valence-corrected chi connectivity index (χ1v) is 27.9. The molecule has 2 aliphatic rings. The number of aliphatic hydroxyl groups is 5. The number of ether oxygens (including phenoxy) is 6. The molecular formula is C51H96O15S. The summed E-state index contributed by atoms with van der Waals surface area (Å²) in [6, 6.07) is 0. The maximum absolute atomic E-state index is 11.5. The van der Waals surface area contributed by atoms with E-state index in [1.165, 1.54) is 135 Å². The van der Waals surface area contributed by atoms with Gasteiger partial charge in [0.1, 0.15) is 42.7 Å². The maximum Gasteiger partial charge on any atom is 0.397 e. The molecule has 0 aromatic heterocycles. The van der Waals surface area contributed by atoms with E-state index in [0.29, 0.717) is 13.2 Å². The largest absolute Gasteiger partial charge is 0.397 e. The Morgan fingerprint density at radius 3 is 1.49 bits per heavy atom. The Labute approximate surface area is 405 Å². The van der Waals surface area contributed by atoms with Gasteiger partial charge in [-0.3, -0.25) is 4.55 Å². The van der Waals surface area contributed by atoms with Gasteiger partial charge in [0.2, 0.25) is 0 Å². The predicted molar refractivity (Wildman–Crippen MR) is 261 cm³/mol. The Balaban J connectivity index is 1.78. The number of hydrogen-bond donors (Lipinski definition) is 6. The topological polar surface area (TPSA) is 220 Å². The van der Waals surface area contributed by atoms with Crippen LogP contribution in [-0.2, 0) is 43.0 Å². The summed E-state index contributed by atoms with van der Waals surface area (Å²) in [6.07, 6.45) is 28.4. The van der Waals surface area contributed by atoms with Crippen molar-refractivity contribution in [3.8, 4) is 0 Å². The normalized spacial score (nSPS) is 26.6. The van der Waals surface area contributed by atoms with E-state index in [0.717, 1.165) is 51.4 Å². The third kappa shape index (κ3) is 29.1. The lowest BCUT2D eigenvalue weighted by atomic mass is 9.92. The van der Waals surface area contributed by atoms with Gasteiger partial charge in [0.15, 0.2) is 18.9 Å². The minimum absolute atomic E-state index is 0.0556. The molecule has 0 spiro atoms. The lowest BCUT2D eigenvalue weighted by Gasteiger charge is -2.46. The van der Waals surface area contributed by atoms with Crippen molar-refractivity contribution >= 4 is 10.4 Å². The molecule has 0 aliphatic carbocycles. The first-order chi connectivity index (χ1) is 32.4. The zero-order valence-electron chi connectivity index (χ0n) is 41.8. The van der Waals surface area contributed by atoms with Crippen LogP contribution in [0.2, 0.25) is 0 Å².